The molecule has 109 valence electrons. The summed E-state index contributed by atoms with van der Waals surface area (Å²) in [5, 5.41) is 2.88. The molecule has 0 fully saturated rings. The van der Waals surface area contributed by atoms with Crippen molar-refractivity contribution in [1.82, 2.24) is 0 Å². The van der Waals surface area contributed by atoms with E-state index in [2.05, 4.69) is 67.6 Å². The van der Waals surface area contributed by atoms with Crippen molar-refractivity contribution in [3.05, 3.63) is 88.0 Å². The molecule has 0 saturated carbocycles. The normalized spacial score (nSPS) is 21.5. The van der Waals surface area contributed by atoms with Gasteiger partial charge in [-0.2, -0.15) is 0 Å². The van der Waals surface area contributed by atoms with Gasteiger partial charge in [-0.25, -0.2) is 0 Å². The molecule has 0 radical (unpaired) electrons. The van der Waals surface area contributed by atoms with Crippen molar-refractivity contribution in [1.29, 1.82) is 0 Å². The number of rotatable bonds is 1. The first-order valence-electron chi connectivity index (χ1n) is 8.26. The van der Waals surface area contributed by atoms with Gasteiger partial charge in [-0.15, -0.1) is 0 Å². The van der Waals surface area contributed by atoms with Gasteiger partial charge in [0, 0.05) is 0 Å². The minimum absolute atomic E-state index is 0.510. The molecule has 3 aromatic rings. The fourth-order valence-corrected chi connectivity index (χ4v) is 5.22. The summed E-state index contributed by atoms with van der Waals surface area (Å²) in [7, 11) is 0. The Kier molecular flexibility index (Phi) is 3.04. The summed E-state index contributed by atoms with van der Waals surface area (Å²) >= 11 is 1.60. The van der Waals surface area contributed by atoms with Crippen LogP contribution in [0.4, 0.5) is 0 Å². The van der Waals surface area contributed by atoms with Crippen molar-refractivity contribution in [2.75, 3.05) is 0 Å². The molecule has 2 aliphatic carbocycles. The van der Waals surface area contributed by atoms with Crippen LogP contribution in [0.3, 0.4) is 0 Å². The minimum atomic E-state index is 0.510. The molecule has 0 spiro atoms. The summed E-state index contributed by atoms with van der Waals surface area (Å²) in [5.41, 5.74) is 9.13. The summed E-state index contributed by atoms with van der Waals surface area (Å²) in [6, 6.07) is 20.5. The van der Waals surface area contributed by atoms with E-state index in [1.165, 1.54) is 38.6 Å². The number of fused-ring (bicyclic) bond motifs is 1. The van der Waals surface area contributed by atoms with Crippen molar-refractivity contribution in [2.45, 2.75) is 22.9 Å². The molecule has 0 amide bonds. The third-order valence-electron chi connectivity index (χ3n) is 5.51. The molecule has 2 aliphatic rings. The van der Waals surface area contributed by atoms with Crippen molar-refractivity contribution < 1.29 is 24.7 Å². The van der Waals surface area contributed by atoms with E-state index in [1.807, 2.05) is 0 Å². The van der Waals surface area contributed by atoms with Gasteiger partial charge in [0.15, 0.2) is 0 Å². The van der Waals surface area contributed by atoms with Crippen LogP contribution in [0.25, 0.3) is 16.8 Å². The molecular formula is C22H17Zr. The zero-order valence-electron chi connectivity index (χ0n) is 13.1. The number of hydrogen-bond donors (Lipinski definition) is 0. The Hall–Kier alpha value is -1.46. The van der Waals surface area contributed by atoms with Crippen LogP contribution in [0.1, 0.15) is 44.3 Å². The van der Waals surface area contributed by atoms with Crippen LogP contribution in [0.2, 0.25) is 0 Å². The van der Waals surface area contributed by atoms with E-state index in [1.54, 1.807) is 30.3 Å². The SMILES string of the molecule is CC1=Cc2c(cccc2C2Cc3cccc4cccc2c34)[CH]1[Zr]. The Morgan fingerprint density at radius 2 is 1.57 bits per heavy atom. The second-order valence-corrected chi connectivity index (χ2v) is 8.21. The Morgan fingerprint density at radius 3 is 2.43 bits per heavy atom. The molecule has 1 heteroatoms. The monoisotopic (exact) mass is 371 g/mol. The molecule has 2 unspecified atom stereocenters. The van der Waals surface area contributed by atoms with Crippen LogP contribution >= 0.6 is 0 Å². The third-order valence-corrected chi connectivity index (χ3v) is 7.39. The van der Waals surface area contributed by atoms with Crippen molar-refractivity contribution in [3.8, 4) is 0 Å². The van der Waals surface area contributed by atoms with E-state index in [4.69, 9.17) is 0 Å². The predicted molar refractivity (Wildman–Crippen MR) is 92.3 cm³/mol. The second kappa shape index (κ2) is 5.02. The molecule has 0 N–H and O–H groups in total. The van der Waals surface area contributed by atoms with E-state index in [0.29, 0.717) is 9.54 Å². The van der Waals surface area contributed by atoms with Crippen LogP contribution in [-0.4, -0.2) is 0 Å². The van der Waals surface area contributed by atoms with Crippen LogP contribution in [-0.2, 0) is 31.1 Å². The van der Waals surface area contributed by atoms with Crippen molar-refractivity contribution in [2.24, 2.45) is 0 Å². The Morgan fingerprint density at radius 1 is 0.870 bits per heavy atom. The molecule has 2 atom stereocenters. The maximum atomic E-state index is 2.44. The summed E-state index contributed by atoms with van der Waals surface area (Å²) < 4.78 is 0.650. The van der Waals surface area contributed by atoms with Crippen LogP contribution < -0.4 is 0 Å². The molecular weight excluding hydrogens is 355 g/mol. The van der Waals surface area contributed by atoms with Gasteiger partial charge >= 0.3 is 152 Å². The molecule has 3 aromatic carbocycles. The first kappa shape index (κ1) is 13.9. The fraction of sp³-hybridized carbons (Fsp3) is 0.182. The van der Waals surface area contributed by atoms with E-state index in [0.717, 1.165) is 6.42 Å². The molecule has 5 rings (SSSR count). The molecule has 23 heavy (non-hydrogen) atoms. The topological polar surface area (TPSA) is 0 Å². The fourth-order valence-electron chi connectivity index (χ4n) is 4.40. The van der Waals surface area contributed by atoms with Gasteiger partial charge in [0.1, 0.15) is 0 Å². The molecule has 0 aliphatic heterocycles. The maximum absolute atomic E-state index is 2.44. The van der Waals surface area contributed by atoms with Crippen LogP contribution in [0.5, 0.6) is 0 Å². The van der Waals surface area contributed by atoms with Crippen LogP contribution in [0, 0.1) is 0 Å². The molecule has 0 aromatic heterocycles. The average Bonchev–Trinajstić information content (AvgIpc) is 3.08. The summed E-state index contributed by atoms with van der Waals surface area (Å²) in [4.78, 5) is 0. The van der Waals surface area contributed by atoms with Gasteiger partial charge in [0.25, 0.3) is 0 Å². The number of hydrogen-bond acceptors (Lipinski definition) is 0. The zero-order chi connectivity index (χ0) is 15.6. The van der Waals surface area contributed by atoms with E-state index < -0.39 is 0 Å². The first-order valence-corrected chi connectivity index (χ1v) is 9.68. The van der Waals surface area contributed by atoms with E-state index in [-0.39, 0.29) is 0 Å². The van der Waals surface area contributed by atoms with Crippen molar-refractivity contribution >= 4 is 16.8 Å². The Bertz CT molecular complexity index is 975. The Labute approximate surface area is 152 Å². The summed E-state index contributed by atoms with van der Waals surface area (Å²) in [6.07, 6.45) is 3.58. The van der Waals surface area contributed by atoms with Gasteiger partial charge in [-0.1, -0.05) is 0 Å². The Balaban J connectivity index is 1.74. The van der Waals surface area contributed by atoms with Gasteiger partial charge in [0.2, 0.25) is 0 Å². The summed E-state index contributed by atoms with van der Waals surface area (Å²) in [6.45, 7) is 2.28. The zero-order valence-corrected chi connectivity index (χ0v) is 15.6. The van der Waals surface area contributed by atoms with E-state index >= 15 is 0 Å². The molecule has 0 saturated heterocycles. The van der Waals surface area contributed by atoms with E-state index in [9.17, 15) is 0 Å². The number of benzene rings is 3. The average molecular weight is 373 g/mol. The van der Waals surface area contributed by atoms with Gasteiger partial charge in [0.05, 0.1) is 0 Å². The summed E-state index contributed by atoms with van der Waals surface area (Å²) in [5.74, 6) is 0.510. The van der Waals surface area contributed by atoms with Crippen LogP contribution in [0.15, 0.2) is 60.2 Å². The molecule has 0 heterocycles. The predicted octanol–water partition coefficient (Wildman–Crippen LogP) is 5.53. The van der Waals surface area contributed by atoms with Gasteiger partial charge in [-0.3, -0.25) is 0 Å². The second-order valence-electron chi connectivity index (χ2n) is 6.79. The van der Waals surface area contributed by atoms with Gasteiger partial charge in [-0.05, 0) is 0 Å². The first-order chi connectivity index (χ1) is 11.2. The third kappa shape index (κ3) is 1.93. The number of allylic oxidation sites excluding steroid dienone is 1. The molecule has 0 bridgehead atoms. The quantitative estimate of drug-likeness (QED) is 0.527. The standard InChI is InChI=1S/C22H17.Zr/c1-14-11-16-7-4-9-18(20(16)12-14)21-13-17-8-2-5-15-6-3-10-19(21)22(15)17;/h2-12,21H,13H2,1H3;. The van der Waals surface area contributed by atoms with Crippen molar-refractivity contribution in [3.63, 3.8) is 0 Å². The van der Waals surface area contributed by atoms with Gasteiger partial charge < -0.3 is 0 Å². The molecule has 0 nitrogen and oxygen atoms in total.